The zero-order valence-corrected chi connectivity index (χ0v) is 13.2. The monoisotopic (exact) mass is 309 g/mol. The average molecular weight is 309 g/mol. The lowest BCUT2D eigenvalue weighted by molar-refractivity contribution is -0.139. The Bertz CT molecular complexity index is 584. The average Bonchev–Trinajstić information content (AvgIpc) is 2.41. The van der Waals surface area contributed by atoms with Gasteiger partial charge in [-0.15, -0.1) is 0 Å². The first kappa shape index (κ1) is 16.6. The molecule has 1 amide bonds. The van der Waals surface area contributed by atoms with E-state index < -0.39 is 18.0 Å². The second-order valence-electron chi connectivity index (χ2n) is 6.09. The highest BCUT2D eigenvalue weighted by atomic mass is 16.5. The standard InChI is InChI=1S/C15H23N3O4/c1-9(2)8-13(20)16-12-6-7-18(15(21)17-12)14-5-4-11(19)10(3)22-14/h6-7,9-11,14,19H,4-5,8H2,1-3H3,(H,16,17,20,21). The molecule has 122 valence electrons. The summed E-state index contributed by atoms with van der Waals surface area (Å²) in [5, 5.41) is 12.3. The number of carbonyl (C=O) groups is 1. The van der Waals surface area contributed by atoms with Crippen molar-refractivity contribution in [2.45, 2.75) is 58.5 Å². The third-order valence-electron chi connectivity index (χ3n) is 3.62. The van der Waals surface area contributed by atoms with E-state index in [0.29, 0.717) is 19.3 Å². The molecule has 1 saturated heterocycles. The zero-order chi connectivity index (χ0) is 16.3. The number of nitrogens with one attached hydrogen (secondary N) is 1. The Kier molecular flexibility index (Phi) is 5.31. The van der Waals surface area contributed by atoms with Crippen molar-refractivity contribution in [3.8, 4) is 0 Å². The number of aliphatic hydroxyl groups is 1. The van der Waals surface area contributed by atoms with Gasteiger partial charge in [-0.05, 0) is 31.7 Å². The summed E-state index contributed by atoms with van der Waals surface area (Å²) in [5.41, 5.74) is -0.476. The first-order valence-electron chi connectivity index (χ1n) is 7.59. The molecule has 0 spiro atoms. The van der Waals surface area contributed by atoms with Crippen LogP contribution >= 0.6 is 0 Å². The molecular formula is C15H23N3O4. The molecule has 2 N–H and O–H groups in total. The molecule has 22 heavy (non-hydrogen) atoms. The van der Waals surface area contributed by atoms with E-state index in [-0.39, 0.29) is 23.7 Å². The van der Waals surface area contributed by atoms with Gasteiger partial charge in [0.15, 0.2) is 0 Å². The fraction of sp³-hybridized carbons (Fsp3) is 0.667. The predicted molar refractivity (Wildman–Crippen MR) is 81.4 cm³/mol. The minimum Gasteiger partial charge on any atom is -0.390 e. The molecule has 0 saturated carbocycles. The van der Waals surface area contributed by atoms with Crippen molar-refractivity contribution in [3.63, 3.8) is 0 Å². The summed E-state index contributed by atoms with van der Waals surface area (Å²) in [6, 6.07) is 1.58. The molecule has 1 aliphatic rings. The summed E-state index contributed by atoms with van der Waals surface area (Å²) >= 11 is 0. The number of anilines is 1. The van der Waals surface area contributed by atoms with Crippen LogP contribution < -0.4 is 11.0 Å². The van der Waals surface area contributed by atoms with Crippen LogP contribution in [0.1, 0.15) is 46.3 Å². The fourth-order valence-electron chi connectivity index (χ4n) is 2.43. The Morgan fingerprint density at radius 3 is 2.86 bits per heavy atom. The van der Waals surface area contributed by atoms with Crippen molar-refractivity contribution in [1.29, 1.82) is 0 Å². The van der Waals surface area contributed by atoms with Gasteiger partial charge >= 0.3 is 5.69 Å². The highest BCUT2D eigenvalue weighted by molar-refractivity contribution is 5.89. The van der Waals surface area contributed by atoms with Crippen molar-refractivity contribution in [2.75, 3.05) is 5.32 Å². The summed E-state index contributed by atoms with van der Waals surface area (Å²) in [7, 11) is 0. The van der Waals surface area contributed by atoms with E-state index in [1.54, 1.807) is 19.2 Å². The highest BCUT2D eigenvalue weighted by Gasteiger charge is 2.28. The molecule has 1 aliphatic heterocycles. The van der Waals surface area contributed by atoms with Crippen LogP contribution in [0.4, 0.5) is 5.82 Å². The van der Waals surface area contributed by atoms with Crippen LogP contribution in [0.5, 0.6) is 0 Å². The molecule has 1 fully saturated rings. The van der Waals surface area contributed by atoms with Crippen molar-refractivity contribution in [3.05, 3.63) is 22.7 Å². The van der Waals surface area contributed by atoms with Crippen molar-refractivity contribution in [2.24, 2.45) is 5.92 Å². The van der Waals surface area contributed by atoms with Crippen LogP contribution in [0.3, 0.4) is 0 Å². The van der Waals surface area contributed by atoms with Crippen LogP contribution in [0, 0.1) is 5.92 Å². The number of hydrogen-bond donors (Lipinski definition) is 2. The molecule has 7 nitrogen and oxygen atoms in total. The van der Waals surface area contributed by atoms with E-state index in [0.717, 1.165) is 0 Å². The number of aromatic nitrogens is 2. The van der Waals surface area contributed by atoms with Gasteiger partial charge in [0.05, 0.1) is 12.2 Å². The summed E-state index contributed by atoms with van der Waals surface area (Å²) in [5.74, 6) is 0.324. The summed E-state index contributed by atoms with van der Waals surface area (Å²) in [4.78, 5) is 27.6. The van der Waals surface area contributed by atoms with E-state index in [1.807, 2.05) is 13.8 Å². The Hall–Kier alpha value is -1.73. The second kappa shape index (κ2) is 7.02. The molecule has 0 aliphatic carbocycles. The number of ether oxygens (including phenoxy) is 1. The molecule has 2 rings (SSSR count). The van der Waals surface area contributed by atoms with Gasteiger partial charge in [0, 0.05) is 12.6 Å². The molecule has 7 heteroatoms. The van der Waals surface area contributed by atoms with Crippen LogP contribution in [0.25, 0.3) is 0 Å². The Morgan fingerprint density at radius 2 is 2.27 bits per heavy atom. The molecule has 0 aromatic carbocycles. The quantitative estimate of drug-likeness (QED) is 0.874. The number of nitrogens with zero attached hydrogens (tertiary/aromatic N) is 2. The maximum Gasteiger partial charge on any atom is 0.351 e. The summed E-state index contributed by atoms with van der Waals surface area (Å²) in [6.07, 6.45) is 1.81. The predicted octanol–water partition coefficient (Wildman–Crippen LogP) is 1.29. The van der Waals surface area contributed by atoms with E-state index in [4.69, 9.17) is 4.74 Å². The van der Waals surface area contributed by atoms with Gasteiger partial charge in [0.2, 0.25) is 5.91 Å². The molecule has 3 unspecified atom stereocenters. The lowest BCUT2D eigenvalue weighted by Crippen LogP contribution is -2.39. The molecule has 1 aromatic rings. The lowest BCUT2D eigenvalue weighted by Gasteiger charge is -2.32. The maximum atomic E-state index is 12.1. The number of aliphatic hydroxyl groups excluding tert-OH is 1. The third-order valence-corrected chi connectivity index (χ3v) is 3.62. The van der Waals surface area contributed by atoms with Gasteiger partial charge in [0.1, 0.15) is 12.0 Å². The minimum absolute atomic E-state index is 0.162. The topological polar surface area (TPSA) is 93.5 Å². The van der Waals surface area contributed by atoms with Crippen LogP contribution in [-0.4, -0.2) is 32.8 Å². The number of rotatable bonds is 4. The van der Waals surface area contributed by atoms with Crippen LogP contribution in [-0.2, 0) is 9.53 Å². The molecule has 2 heterocycles. The van der Waals surface area contributed by atoms with E-state index >= 15 is 0 Å². The molecule has 0 bridgehead atoms. The lowest BCUT2D eigenvalue weighted by atomic mass is 10.1. The number of amides is 1. The molecular weight excluding hydrogens is 286 g/mol. The molecule has 0 radical (unpaired) electrons. The van der Waals surface area contributed by atoms with Crippen molar-refractivity contribution >= 4 is 11.7 Å². The largest absolute Gasteiger partial charge is 0.390 e. The first-order chi connectivity index (χ1) is 10.4. The van der Waals surface area contributed by atoms with Crippen LogP contribution in [0.2, 0.25) is 0 Å². The zero-order valence-electron chi connectivity index (χ0n) is 13.2. The van der Waals surface area contributed by atoms with Gasteiger partial charge in [-0.25, -0.2) is 4.79 Å². The first-order valence-corrected chi connectivity index (χ1v) is 7.59. The minimum atomic E-state index is -0.505. The number of hydrogen-bond acceptors (Lipinski definition) is 5. The number of carbonyl (C=O) groups excluding carboxylic acids is 1. The van der Waals surface area contributed by atoms with E-state index in [1.165, 1.54) is 4.57 Å². The van der Waals surface area contributed by atoms with E-state index in [2.05, 4.69) is 10.3 Å². The van der Waals surface area contributed by atoms with Crippen LogP contribution in [0.15, 0.2) is 17.1 Å². The van der Waals surface area contributed by atoms with Gasteiger partial charge in [-0.2, -0.15) is 4.98 Å². The summed E-state index contributed by atoms with van der Waals surface area (Å²) < 4.78 is 7.01. The smallest absolute Gasteiger partial charge is 0.351 e. The van der Waals surface area contributed by atoms with E-state index in [9.17, 15) is 14.7 Å². The fourth-order valence-corrected chi connectivity index (χ4v) is 2.43. The van der Waals surface area contributed by atoms with Crippen molar-refractivity contribution in [1.82, 2.24) is 9.55 Å². The Balaban J connectivity index is 2.07. The SMILES string of the molecule is CC(C)CC(=O)Nc1ccn(C2CCC(O)C(C)O2)c(=O)n1. The normalized spacial score (nSPS) is 25.2. The third kappa shape index (κ3) is 4.14. The van der Waals surface area contributed by atoms with Gasteiger partial charge in [-0.1, -0.05) is 13.8 Å². The van der Waals surface area contributed by atoms with Gasteiger partial charge < -0.3 is 15.2 Å². The molecule has 1 aromatic heterocycles. The van der Waals surface area contributed by atoms with Gasteiger partial charge in [-0.3, -0.25) is 9.36 Å². The Morgan fingerprint density at radius 1 is 1.55 bits per heavy atom. The molecule has 3 atom stereocenters. The van der Waals surface area contributed by atoms with Crippen molar-refractivity contribution < 1.29 is 14.6 Å². The maximum absolute atomic E-state index is 12.1. The summed E-state index contributed by atoms with van der Waals surface area (Å²) in [6.45, 7) is 5.66. The van der Waals surface area contributed by atoms with Gasteiger partial charge in [0.25, 0.3) is 0 Å². The second-order valence-corrected chi connectivity index (χ2v) is 6.09. The Labute approximate surface area is 129 Å². The highest BCUT2D eigenvalue weighted by Crippen LogP contribution is 2.25.